The second-order valence-corrected chi connectivity index (χ2v) is 20.7. The summed E-state index contributed by atoms with van der Waals surface area (Å²) in [5.41, 5.74) is 9.79. The van der Waals surface area contributed by atoms with Crippen LogP contribution in [0, 0.1) is 17.8 Å². The molecule has 0 radical (unpaired) electrons. The molecule has 3 nitrogen and oxygen atoms in total. The van der Waals surface area contributed by atoms with Crippen molar-refractivity contribution in [1.29, 1.82) is 0 Å². The lowest BCUT2D eigenvalue weighted by molar-refractivity contribution is 0.0641. The Labute approximate surface area is 343 Å². The maximum atomic E-state index is 7.80. The van der Waals surface area contributed by atoms with Crippen molar-refractivity contribution < 1.29 is 14.2 Å². The third kappa shape index (κ3) is 6.18. The molecule has 0 saturated heterocycles. The molecular formula is C51H56O3S2. The average molecular weight is 781 g/mol. The van der Waals surface area contributed by atoms with Gasteiger partial charge in [-0.1, -0.05) is 83.4 Å². The first-order valence-corrected chi connectivity index (χ1v) is 22.7. The molecule has 2 fully saturated rings. The largest absolute Gasteiger partial charge is 0.497 e. The van der Waals surface area contributed by atoms with Gasteiger partial charge in [0.25, 0.3) is 0 Å². The van der Waals surface area contributed by atoms with E-state index in [1.54, 1.807) is 14.2 Å². The number of hydrogen-bond donors (Lipinski definition) is 0. The summed E-state index contributed by atoms with van der Waals surface area (Å²) in [6, 6.07) is 29.3. The molecule has 0 aromatic heterocycles. The van der Waals surface area contributed by atoms with Gasteiger partial charge in [-0.15, -0.1) is 23.5 Å². The van der Waals surface area contributed by atoms with Crippen molar-refractivity contribution >= 4 is 40.4 Å². The second-order valence-electron chi connectivity index (χ2n) is 18.5. The summed E-state index contributed by atoms with van der Waals surface area (Å²) in [7, 11) is 3.44. The van der Waals surface area contributed by atoms with Gasteiger partial charge < -0.3 is 14.2 Å². The third-order valence-corrected chi connectivity index (χ3v) is 15.4. The van der Waals surface area contributed by atoms with Crippen LogP contribution in [-0.4, -0.2) is 25.7 Å². The Bertz CT molecular complexity index is 2280. The van der Waals surface area contributed by atoms with Crippen LogP contribution in [0.5, 0.6) is 17.2 Å². The maximum absolute atomic E-state index is 7.80. The number of rotatable bonds is 7. The Hall–Kier alpha value is -3.80. The van der Waals surface area contributed by atoms with Gasteiger partial charge in [-0.2, -0.15) is 0 Å². The first-order valence-electron chi connectivity index (χ1n) is 20.6. The molecule has 5 aromatic carbocycles. The SMILES string of the molecule is COc1ccc(C2(c3ccc(OC)cc3)C=Cc3c4c(c5cc(C)c(SC)cc5c3O2)-c2ccc(SC3CCCCC3)cc2C42CC(C)(C)CC(C)(C)C2)cc1. The van der Waals surface area contributed by atoms with Gasteiger partial charge in [0.05, 0.1) is 14.2 Å². The summed E-state index contributed by atoms with van der Waals surface area (Å²) in [5, 5.41) is 3.19. The van der Waals surface area contributed by atoms with Crippen molar-refractivity contribution in [2.45, 2.75) is 112 Å². The smallest absolute Gasteiger partial charge is 0.178 e. The quantitative estimate of drug-likeness (QED) is 0.153. The molecule has 1 aliphatic heterocycles. The number of methoxy groups -OCH3 is 2. The number of ether oxygens (including phenoxy) is 3. The van der Waals surface area contributed by atoms with Gasteiger partial charge in [0, 0.05) is 42.5 Å². The Balaban J connectivity index is 1.34. The molecule has 1 heterocycles. The molecule has 0 atom stereocenters. The minimum absolute atomic E-state index is 0.155. The predicted octanol–water partition coefficient (Wildman–Crippen LogP) is 14.2. The van der Waals surface area contributed by atoms with Gasteiger partial charge >= 0.3 is 0 Å². The highest BCUT2D eigenvalue weighted by atomic mass is 32.2. The van der Waals surface area contributed by atoms with Crippen LogP contribution in [0.15, 0.2) is 94.7 Å². The van der Waals surface area contributed by atoms with Crippen LogP contribution in [0.1, 0.15) is 112 Å². The summed E-state index contributed by atoms with van der Waals surface area (Å²) in [6.07, 6.45) is 17.1. The predicted molar refractivity (Wildman–Crippen MR) is 237 cm³/mol. The normalized spacial score (nSPS) is 19.9. The molecule has 0 bridgehead atoms. The zero-order valence-corrected chi connectivity index (χ0v) is 36.1. The first kappa shape index (κ1) is 37.8. The van der Waals surface area contributed by atoms with E-state index in [0.29, 0.717) is 5.25 Å². The zero-order chi connectivity index (χ0) is 39.0. The topological polar surface area (TPSA) is 27.7 Å². The zero-order valence-electron chi connectivity index (χ0n) is 34.4. The van der Waals surface area contributed by atoms with E-state index in [1.165, 1.54) is 92.5 Å². The Morgan fingerprint density at radius 2 is 1.34 bits per heavy atom. The number of fused-ring (bicyclic) bond motifs is 10. The summed E-state index contributed by atoms with van der Waals surface area (Å²) >= 11 is 3.95. The second kappa shape index (κ2) is 13.9. The van der Waals surface area contributed by atoms with Crippen molar-refractivity contribution in [3.63, 3.8) is 0 Å². The third-order valence-electron chi connectivity index (χ3n) is 13.2. The van der Waals surface area contributed by atoms with Crippen LogP contribution >= 0.6 is 23.5 Å². The van der Waals surface area contributed by atoms with Crippen molar-refractivity contribution in [1.82, 2.24) is 0 Å². The number of hydrogen-bond acceptors (Lipinski definition) is 5. The molecule has 290 valence electrons. The number of aryl methyl sites for hydroxylation is 1. The monoisotopic (exact) mass is 780 g/mol. The van der Waals surface area contributed by atoms with E-state index >= 15 is 0 Å². The van der Waals surface area contributed by atoms with E-state index in [1.807, 2.05) is 36.0 Å². The van der Waals surface area contributed by atoms with Crippen molar-refractivity contribution in [2.24, 2.45) is 10.8 Å². The standard InChI is InChI=1S/C51H56O3S2/c1-32-26-41-42(28-44(32)55-8)47-40(24-25-51(54-47,33-14-18-35(52-6)19-15-33)34-16-20-36(53-7)21-17-34)46-45(41)39-23-22-38(56-37-12-10-9-11-13-37)27-43(39)50(46)30-48(2,3)29-49(4,5)31-50/h14-28,37H,9-13,29-31H2,1-8H3. The Morgan fingerprint density at radius 3 is 1.93 bits per heavy atom. The van der Waals surface area contributed by atoms with Crippen LogP contribution in [0.3, 0.4) is 0 Å². The first-order chi connectivity index (χ1) is 26.9. The fourth-order valence-corrected chi connectivity index (χ4v) is 13.5. The molecule has 9 rings (SSSR count). The van der Waals surface area contributed by atoms with Crippen LogP contribution < -0.4 is 14.2 Å². The molecule has 0 amide bonds. The molecule has 2 saturated carbocycles. The van der Waals surface area contributed by atoms with Crippen molar-refractivity contribution in [2.75, 3.05) is 20.5 Å². The summed E-state index contributed by atoms with van der Waals surface area (Å²) < 4.78 is 19.0. The van der Waals surface area contributed by atoms with Crippen LogP contribution in [0.4, 0.5) is 0 Å². The van der Waals surface area contributed by atoms with Gasteiger partial charge in [-0.25, -0.2) is 0 Å². The van der Waals surface area contributed by atoms with Crippen LogP contribution in [0.2, 0.25) is 0 Å². The van der Waals surface area contributed by atoms with E-state index in [4.69, 9.17) is 14.2 Å². The minimum Gasteiger partial charge on any atom is -0.497 e. The molecule has 56 heavy (non-hydrogen) atoms. The lowest BCUT2D eigenvalue weighted by atomic mass is 9.52. The summed E-state index contributed by atoms with van der Waals surface area (Å²) in [4.78, 5) is 2.72. The Kier molecular flexibility index (Phi) is 9.40. The minimum atomic E-state index is -0.870. The summed E-state index contributed by atoms with van der Waals surface area (Å²) in [5.74, 6) is 2.63. The van der Waals surface area contributed by atoms with E-state index in [9.17, 15) is 0 Å². The van der Waals surface area contributed by atoms with E-state index in [2.05, 4.69) is 119 Å². The highest BCUT2D eigenvalue weighted by Crippen LogP contribution is 2.67. The highest BCUT2D eigenvalue weighted by molar-refractivity contribution is 8.00. The molecule has 1 spiro atoms. The molecule has 5 heteroatoms. The van der Waals surface area contributed by atoms with E-state index < -0.39 is 5.60 Å². The lowest BCUT2D eigenvalue weighted by Crippen LogP contribution is -2.44. The molecule has 5 aromatic rings. The van der Waals surface area contributed by atoms with E-state index in [0.717, 1.165) is 41.2 Å². The fourth-order valence-electron chi connectivity index (χ4n) is 11.6. The van der Waals surface area contributed by atoms with Crippen LogP contribution in [-0.2, 0) is 11.0 Å². The number of thioether (sulfide) groups is 2. The van der Waals surface area contributed by atoms with Crippen molar-refractivity contribution in [3.05, 3.63) is 118 Å². The van der Waals surface area contributed by atoms with Crippen LogP contribution in [0.25, 0.3) is 28.0 Å². The van der Waals surface area contributed by atoms with Gasteiger partial charge in [-0.05, 0) is 144 Å². The van der Waals surface area contributed by atoms with Gasteiger partial charge in [0.2, 0.25) is 0 Å². The fraction of sp³-hybridized carbons (Fsp3) is 0.412. The van der Waals surface area contributed by atoms with Gasteiger partial charge in [0.1, 0.15) is 17.2 Å². The van der Waals surface area contributed by atoms with Gasteiger partial charge in [-0.3, -0.25) is 0 Å². The molecular weight excluding hydrogens is 725 g/mol. The van der Waals surface area contributed by atoms with Gasteiger partial charge in [0.15, 0.2) is 5.60 Å². The summed E-state index contributed by atoms with van der Waals surface area (Å²) in [6.45, 7) is 12.3. The van der Waals surface area contributed by atoms with E-state index in [-0.39, 0.29) is 16.2 Å². The average Bonchev–Trinajstić information content (AvgIpc) is 3.44. The molecule has 0 N–H and O–H groups in total. The highest BCUT2D eigenvalue weighted by Gasteiger charge is 2.55. The molecule has 3 aliphatic carbocycles. The molecule has 4 aliphatic rings. The lowest BCUT2D eigenvalue weighted by Gasteiger charge is -2.52. The maximum Gasteiger partial charge on any atom is 0.178 e. The van der Waals surface area contributed by atoms with Crippen molar-refractivity contribution in [3.8, 4) is 28.4 Å². The molecule has 0 unspecified atom stereocenters. The Morgan fingerprint density at radius 1 is 0.714 bits per heavy atom. The number of benzene rings is 5.